The van der Waals surface area contributed by atoms with Gasteiger partial charge in [0.25, 0.3) is 11.8 Å². The van der Waals surface area contributed by atoms with Crippen molar-refractivity contribution >= 4 is 53.2 Å². The van der Waals surface area contributed by atoms with Gasteiger partial charge in [0.15, 0.2) is 0 Å². The Balaban J connectivity index is 0.00000484. The first-order valence-electron chi connectivity index (χ1n) is 12.8. The zero-order valence-corrected chi connectivity index (χ0v) is 24.2. The number of methoxy groups -OCH3 is 1. The Morgan fingerprint density at radius 2 is 1.43 bits per heavy atom. The first kappa shape index (κ1) is 31.5. The number of ether oxygens (including phenoxy) is 1. The number of carbonyl (C=O) groups excluding carboxylic acids is 4. The van der Waals surface area contributed by atoms with Crippen molar-refractivity contribution in [3.05, 3.63) is 102 Å². The highest BCUT2D eigenvalue weighted by atomic mass is 35.5. The van der Waals surface area contributed by atoms with Gasteiger partial charge in [-0.2, -0.15) is 0 Å². The second kappa shape index (κ2) is 14.0. The summed E-state index contributed by atoms with van der Waals surface area (Å²) in [6.07, 6.45) is 3.56. The highest BCUT2D eigenvalue weighted by Crippen LogP contribution is 2.18. The number of nitrogens with zero attached hydrogens (tertiary/aromatic N) is 2. The minimum Gasteiger partial charge on any atom is -0.467 e. The van der Waals surface area contributed by atoms with Gasteiger partial charge in [-0.1, -0.05) is 42.5 Å². The van der Waals surface area contributed by atoms with E-state index in [4.69, 9.17) is 10.5 Å². The summed E-state index contributed by atoms with van der Waals surface area (Å²) in [5.41, 5.74) is 9.40. The molecule has 1 unspecified atom stereocenters. The van der Waals surface area contributed by atoms with Gasteiger partial charge in [0.05, 0.1) is 24.9 Å². The molecule has 0 saturated carbocycles. The topological polar surface area (TPSA) is 149 Å². The van der Waals surface area contributed by atoms with Crippen molar-refractivity contribution in [2.45, 2.75) is 18.9 Å². The third-order valence-electron chi connectivity index (χ3n) is 6.41. The molecule has 1 atom stereocenters. The fraction of sp³-hybridized carbons (Fsp3) is 0.200. The quantitative estimate of drug-likeness (QED) is 0.208. The van der Waals surface area contributed by atoms with Crippen LogP contribution >= 0.6 is 12.4 Å². The molecule has 11 nitrogen and oxygen atoms in total. The van der Waals surface area contributed by atoms with Crippen LogP contribution < -0.4 is 21.7 Å². The van der Waals surface area contributed by atoms with Gasteiger partial charge in [-0.25, -0.2) is 4.79 Å². The molecule has 4 rings (SSSR count). The van der Waals surface area contributed by atoms with Crippen molar-refractivity contribution in [1.29, 1.82) is 0 Å². The number of esters is 1. The number of rotatable bonds is 10. The number of benzene rings is 2. The minimum atomic E-state index is -0.830. The van der Waals surface area contributed by atoms with Crippen molar-refractivity contribution < 1.29 is 23.9 Å². The number of carbonyl (C=O) groups is 4. The molecule has 3 amide bonds. The molecule has 42 heavy (non-hydrogen) atoms. The Morgan fingerprint density at radius 1 is 0.810 bits per heavy atom. The van der Waals surface area contributed by atoms with Crippen LogP contribution in [0.5, 0.6) is 0 Å². The lowest BCUT2D eigenvalue weighted by Crippen LogP contribution is -2.43. The second-order valence-electron chi connectivity index (χ2n) is 9.61. The number of nitrogen functional groups attached to an aromatic ring is 1. The standard InChI is InChI=1S/C30H32N6O5.ClH/c1-35-17-21(31)15-25(35)28(38)33-23-16-26(36(2)18-23)29(39)32-22-11-7-10-20(12-22)14-27(37)34-24(30(40)41-3)13-19-8-5-4-6-9-19;/h4-12,15-18,24H,13-14,31H2,1-3H3,(H,32,39)(H,33,38)(H,34,37);1H. The van der Waals surface area contributed by atoms with Crippen molar-refractivity contribution in [3.8, 4) is 0 Å². The molecule has 0 bridgehead atoms. The molecular weight excluding hydrogens is 560 g/mol. The highest BCUT2D eigenvalue weighted by molar-refractivity contribution is 6.07. The van der Waals surface area contributed by atoms with Gasteiger partial charge in [0.2, 0.25) is 5.91 Å². The van der Waals surface area contributed by atoms with Gasteiger partial charge >= 0.3 is 5.97 Å². The Kier molecular flexibility index (Phi) is 10.5. The normalized spacial score (nSPS) is 11.1. The predicted octanol–water partition coefficient (Wildman–Crippen LogP) is 3.32. The van der Waals surface area contributed by atoms with Crippen LogP contribution in [0.3, 0.4) is 0 Å². The molecule has 0 spiro atoms. The number of aromatic nitrogens is 2. The first-order valence-corrected chi connectivity index (χ1v) is 12.8. The summed E-state index contributed by atoms with van der Waals surface area (Å²) < 4.78 is 8.09. The average molecular weight is 593 g/mol. The fourth-order valence-corrected chi connectivity index (χ4v) is 4.44. The summed E-state index contributed by atoms with van der Waals surface area (Å²) in [7, 11) is 4.69. The van der Waals surface area contributed by atoms with E-state index in [1.54, 1.807) is 72.0 Å². The Morgan fingerprint density at radius 3 is 2.07 bits per heavy atom. The van der Waals surface area contributed by atoms with Gasteiger partial charge in [0, 0.05) is 38.6 Å². The van der Waals surface area contributed by atoms with Crippen molar-refractivity contribution in [3.63, 3.8) is 0 Å². The molecule has 0 aliphatic carbocycles. The maximum atomic E-state index is 13.0. The lowest BCUT2D eigenvalue weighted by atomic mass is 10.1. The molecule has 0 saturated heterocycles. The van der Waals surface area contributed by atoms with E-state index in [2.05, 4.69) is 16.0 Å². The van der Waals surface area contributed by atoms with Crippen LogP contribution in [-0.4, -0.2) is 46.0 Å². The molecule has 0 aliphatic rings. The van der Waals surface area contributed by atoms with Crippen LogP contribution in [0, 0.1) is 0 Å². The molecule has 0 aliphatic heterocycles. The number of amides is 3. The highest BCUT2D eigenvalue weighted by Gasteiger charge is 2.22. The van der Waals surface area contributed by atoms with Crippen LogP contribution in [0.25, 0.3) is 0 Å². The molecule has 2 aromatic heterocycles. The SMILES string of the molecule is COC(=O)C(Cc1ccccc1)NC(=O)Cc1cccc(NC(=O)c2cc(NC(=O)c3cc(N)cn3C)cn2C)c1.Cl. The molecule has 220 valence electrons. The lowest BCUT2D eigenvalue weighted by Gasteiger charge is -2.17. The molecule has 2 aromatic carbocycles. The number of nitrogens with two attached hydrogens (primary N) is 1. The van der Waals surface area contributed by atoms with E-state index in [0.29, 0.717) is 40.4 Å². The number of aryl methyl sites for hydroxylation is 2. The van der Waals surface area contributed by atoms with E-state index in [0.717, 1.165) is 5.56 Å². The van der Waals surface area contributed by atoms with Crippen LogP contribution in [0.2, 0.25) is 0 Å². The average Bonchev–Trinajstić information content (AvgIpc) is 3.48. The van der Waals surface area contributed by atoms with Crippen LogP contribution in [0.15, 0.2) is 79.1 Å². The van der Waals surface area contributed by atoms with E-state index >= 15 is 0 Å². The monoisotopic (exact) mass is 592 g/mol. The number of halogens is 1. The van der Waals surface area contributed by atoms with Crippen molar-refractivity contribution in [1.82, 2.24) is 14.5 Å². The Bertz CT molecular complexity index is 1580. The van der Waals surface area contributed by atoms with E-state index in [-0.39, 0.29) is 30.6 Å². The number of nitrogens with one attached hydrogen (secondary N) is 3. The number of hydrogen-bond donors (Lipinski definition) is 4. The van der Waals surface area contributed by atoms with E-state index < -0.39 is 17.9 Å². The van der Waals surface area contributed by atoms with Crippen LogP contribution in [-0.2, 0) is 41.3 Å². The zero-order valence-electron chi connectivity index (χ0n) is 23.4. The molecule has 12 heteroatoms. The predicted molar refractivity (Wildman–Crippen MR) is 163 cm³/mol. The summed E-state index contributed by atoms with van der Waals surface area (Å²) in [5, 5.41) is 8.34. The van der Waals surface area contributed by atoms with Gasteiger partial charge < -0.3 is 35.6 Å². The zero-order chi connectivity index (χ0) is 29.5. The summed E-state index contributed by atoms with van der Waals surface area (Å²) in [6.45, 7) is 0. The van der Waals surface area contributed by atoms with Crippen molar-refractivity contribution in [2.24, 2.45) is 14.1 Å². The van der Waals surface area contributed by atoms with Crippen LogP contribution in [0.1, 0.15) is 32.1 Å². The van der Waals surface area contributed by atoms with E-state index in [1.807, 2.05) is 30.3 Å². The van der Waals surface area contributed by atoms with Gasteiger partial charge in [-0.3, -0.25) is 14.4 Å². The smallest absolute Gasteiger partial charge is 0.328 e. The summed E-state index contributed by atoms with van der Waals surface area (Å²) in [5.74, 6) is -1.64. The van der Waals surface area contributed by atoms with Gasteiger partial charge in [-0.15, -0.1) is 12.4 Å². The van der Waals surface area contributed by atoms with Gasteiger partial charge in [-0.05, 0) is 35.4 Å². The van der Waals surface area contributed by atoms with E-state index in [9.17, 15) is 19.2 Å². The number of anilines is 3. The molecule has 0 radical (unpaired) electrons. The Labute approximate surface area is 249 Å². The molecule has 0 fully saturated rings. The molecule has 5 N–H and O–H groups in total. The van der Waals surface area contributed by atoms with Gasteiger partial charge in [0.1, 0.15) is 17.4 Å². The molecule has 2 heterocycles. The second-order valence-corrected chi connectivity index (χ2v) is 9.61. The summed E-state index contributed by atoms with van der Waals surface area (Å²) >= 11 is 0. The van der Waals surface area contributed by atoms with Crippen LogP contribution in [0.4, 0.5) is 17.1 Å². The van der Waals surface area contributed by atoms with Crippen molar-refractivity contribution in [2.75, 3.05) is 23.5 Å². The fourth-order valence-electron chi connectivity index (χ4n) is 4.44. The van der Waals surface area contributed by atoms with E-state index in [1.165, 1.54) is 7.11 Å². The first-order chi connectivity index (χ1) is 19.6. The third-order valence-corrected chi connectivity index (χ3v) is 6.41. The Hall–Kier alpha value is -5.03. The maximum Gasteiger partial charge on any atom is 0.328 e. The minimum absolute atomic E-state index is 0. The summed E-state index contributed by atoms with van der Waals surface area (Å²) in [6, 6.07) is 18.5. The largest absolute Gasteiger partial charge is 0.467 e. The number of hydrogen-bond acceptors (Lipinski definition) is 6. The maximum absolute atomic E-state index is 13.0. The molecule has 4 aromatic rings. The molecular formula is C30H33ClN6O5. The third kappa shape index (κ3) is 8.01. The lowest BCUT2D eigenvalue weighted by molar-refractivity contribution is -0.145. The summed E-state index contributed by atoms with van der Waals surface area (Å²) in [4.78, 5) is 50.7.